The van der Waals surface area contributed by atoms with Gasteiger partial charge in [-0.1, -0.05) is 11.8 Å². The largest absolute Gasteiger partial charge is 0.325 e. The molecule has 1 N–H and O–H groups in total. The van der Waals surface area contributed by atoms with Crippen LogP contribution in [0.15, 0.2) is 29.2 Å². The van der Waals surface area contributed by atoms with Crippen LogP contribution in [0.25, 0.3) is 0 Å². The van der Waals surface area contributed by atoms with Gasteiger partial charge in [0.2, 0.25) is 5.91 Å². The second-order valence-corrected chi connectivity index (χ2v) is 5.74. The Morgan fingerprint density at radius 3 is 2.72 bits per heavy atom. The minimum Gasteiger partial charge on any atom is -0.325 e. The van der Waals surface area contributed by atoms with Crippen LogP contribution >= 0.6 is 23.5 Å². The maximum absolute atomic E-state index is 11.7. The van der Waals surface area contributed by atoms with Gasteiger partial charge in [-0.25, -0.2) is 0 Å². The van der Waals surface area contributed by atoms with Crippen molar-refractivity contribution < 1.29 is 9.59 Å². The lowest BCUT2D eigenvalue weighted by molar-refractivity contribution is -0.116. The second kappa shape index (κ2) is 6.15. The third kappa shape index (κ3) is 3.43. The SMILES string of the molecule is CSc1ccc(NC(=O)CN2CCSC2=O)cc1. The first-order valence-corrected chi connectivity index (χ1v) is 7.75. The molecule has 6 heteroatoms. The van der Waals surface area contributed by atoms with Crippen LogP contribution in [-0.2, 0) is 4.79 Å². The molecule has 4 nitrogen and oxygen atoms in total. The van der Waals surface area contributed by atoms with Gasteiger partial charge in [0.1, 0.15) is 6.54 Å². The summed E-state index contributed by atoms with van der Waals surface area (Å²) in [6, 6.07) is 7.64. The van der Waals surface area contributed by atoms with Gasteiger partial charge in [0.05, 0.1) is 0 Å². The number of amides is 2. The number of rotatable bonds is 4. The molecule has 2 amide bonds. The van der Waals surface area contributed by atoms with Gasteiger partial charge in [0.15, 0.2) is 0 Å². The molecule has 96 valence electrons. The van der Waals surface area contributed by atoms with Crippen molar-refractivity contribution in [1.82, 2.24) is 4.90 Å². The van der Waals surface area contributed by atoms with Crippen molar-refractivity contribution in [2.45, 2.75) is 4.90 Å². The van der Waals surface area contributed by atoms with Gasteiger partial charge in [-0.3, -0.25) is 9.59 Å². The summed E-state index contributed by atoms with van der Waals surface area (Å²) in [4.78, 5) is 25.8. The molecule has 2 rings (SSSR count). The molecule has 0 unspecified atom stereocenters. The van der Waals surface area contributed by atoms with Gasteiger partial charge in [-0.15, -0.1) is 11.8 Å². The molecule has 1 heterocycles. The molecule has 1 aliphatic rings. The van der Waals surface area contributed by atoms with Crippen molar-refractivity contribution in [3.8, 4) is 0 Å². The monoisotopic (exact) mass is 282 g/mol. The molecule has 18 heavy (non-hydrogen) atoms. The van der Waals surface area contributed by atoms with E-state index in [1.165, 1.54) is 11.8 Å². The van der Waals surface area contributed by atoms with E-state index in [9.17, 15) is 9.59 Å². The summed E-state index contributed by atoms with van der Waals surface area (Å²) in [5, 5.41) is 2.78. The number of nitrogens with zero attached hydrogens (tertiary/aromatic N) is 1. The molecule has 0 aromatic heterocycles. The smallest absolute Gasteiger partial charge is 0.282 e. The Labute approximate surface area is 114 Å². The van der Waals surface area contributed by atoms with E-state index < -0.39 is 0 Å². The van der Waals surface area contributed by atoms with Crippen molar-refractivity contribution >= 4 is 40.4 Å². The Morgan fingerprint density at radius 2 is 2.17 bits per heavy atom. The van der Waals surface area contributed by atoms with E-state index >= 15 is 0 Å². The first kappa shape index (κ1) is 13.3. The van der Waals surface area contributed by atoms with Crippen molar-refractivity contribution in [1.29, 1.82) is 0 Å². The summed E-state index contributed by atoms with van der Waals surface area (Å²) in [7, 11) is 0. The Morgan fingerprint density at radius 1 is 1.44 bits per heavy atom. The average molecular weight is 282 g/mol. The van der Waals surface area contributed by atoms with Crippen molar-refractivity contribution in [2.75, 3.05) is 30.4 Å². The van der Waals surface area contributed by atoms with Crippen LogP contribution in [0.2, 0.25) is 0 Å². The number of thioether (sulfide) groups is 2. The van der Waals surface area contributed by atoms with Crippen molar-refractivity contribution in [3.63, 3.8) is 0 Å². The highest BCUT2D eigenvalue weighted by molar-refractivity contribution is 8.13. The van der Waals surface area contributed by atoms with Crippen molar-refractivity contribution in [3.05, 3.63) is 24.3 Å². The summed E-state index contributed by atoms with van der Waals surface area (Å²) in [6.07, 6.45) is 2.00. The van der Waals surface area contributed by atoms with Gasteiger partial charge in [0.25, 0.3) is 5.24 Å². The quantitative estimate of drug-likeness (QED) is 0.862. The second-order valence-electron chi connectivity index (χ2n) is 3.81. The van der Waals surface area contributed by atoms with E-state index in [4.69, 9.17) is 0 Å². The molecule has 1 fully saturated rings. The molecule has 0 bridgehead atoms. The van der Waals surface area contributed by atoms with E-state index in [0.29, 0.717) is 6.54 Å². The summed E-state index contributed by atoms with van der Waals surface area (Å²) >= 11 is 2.92. The topological polar surface area (TPSA) is 49.4 Å². The highest BCUT2D eigenvalue weighted by Crippen LogP contribution is 2.19. The van der Waals surface area contributed by atoms with Gasteiger partial charge in [-0.05, 0) is 30.5 Å². The van der Waals surface area contributed by atoms with Crippen LogP contribution in [0, 0.1) is 0 Å². The number of hydrogen-bond acceptors (Lipinski definition) is 4. The van der Waals surface area contributed by atoms with E-state index in [-0.39, 0.29) is 17.7 Å². The fourth-order valence-corrected chi connectivity index (χ4v) is 2.85. The van der Waals surface area contributed by atoms with Gasteiger partial charge >= 0.3 is 0 Å². The molecule has 0 radical (unpaired) electrons. The predicted molar refractivity (Wildman–Crippen MR) is 76.3 cm³/mol. The summed E-state index contributed by atoms with van der Waals surface area (Å²) < 4.78 is 0. The van der Waals surface area contributed by atoms with E-state index in [1.54, 1.807) is 16.7 Å². The molecule has 0 saturated carbocycles. The first-order chi connectivity index (χ1) is 8.69. The third-order valence-electron chi connectivity index (χ3n) is 2.55. The van der Waals surface area contributed by atoms with Crippen LogP contribution < -0.4 is 5.32 Å². The van der Waals surface area contributed by atoms with E-state index in [1.807, 2.05) is 30.5 Å². The lowest BCUT2D eigenvalue weighted by atomic mass is 10.3. The molecule has 1 aromatic carbocycles. The molecular formula is C12H14N2O2S2. The van der Waals surface area contributed by atoms with Gasteiger partial charge in [-0.2, -0.15) is 0 Å². The van der Waals surface area contributed by atoms with Crippen molar-refractivity contribution in [2.24, 2.45) is 0 Å². The first-order valence-electron chi connectivity index (χ1n) is 5.54. The van der Waals surface area contributed by atoms with E-state index in [0.717, 1.165) is 16.3 Å². The summed E-state index contributed by atoms with van der Waals surface area (Å²) in [5.41, 5.74) is 0.761. The Bertz CT molecular complexity index is 448. The Kier molecular flexibility index (Phi) is 4.54. The number of nitrogens with one attached hydrogen (secondary N) is 1. The number of hydrogen-bond donors (Lipinski definition) is 1. The van der Waals surface area contributed by atoms with Gasteiger partial charge < -0.3 is 10.2 Å². The predicted octanol–water partition coefficient (Wildman–Crippen LogP) is 2.52. The van der Waals surface area contributed by atoms with Crippen LogP contribution in [0.3, 0.4) is 0 Å². The number of carbonyl (C=O) groups is 2. The van der Waals surface area contributed by atoms with E-state index in [2.05, 4.69) is 5.32 Å². The van der Waals surface area contributed by atoms with Crippen LogP contribution in [0.4, 0.5) is 10.5 Å². The molecule has 1 aromatic rings. The normalized spacial score (nSPS) is 14.9. The summed E-state index contributed by atoms with van der Waals surface area (Å²) in [5.74, 6) is 0.622. The summed E-state index contributed by atoms with van der Waals surface area (Å²) in [6.45, 7) is 0.790. The maximum atomic E-state index is 11.7. The molecule has 0 atom stereocenters. The molecule has 1 saturated heterocycles. The average Bonchev–Trinajstić information content (AvgIpc) is 2.76. The minimum atomic E-state index is -0.150. The highest BCUT2D eigenvalue weighted by Gasteiger charge is 2.23. The zero-order chi connectivity index (χ0) is 13.0. The number of benzene rings is 1. The molecular weight excluding hydrogens is 268 g/mol. The lowest BCUT2D eigenvalue weighted by Crippen LogP contribution is -2.33. The van der Waals surface area contributed by atoms with Gasteiger partial charge in [0, 0.05) is 22.9 Å². The minimum absolute atomic E-state index is 0.0112. The third-order valence-corrected chi connectivity index (χ3v) is 4.19. The van der Waals surface area contributed by atoms with Crippen LogP contribution in [-0.4, -0.2) is 41.1 Å². The Balaban J connectivity index is 1.88. The lowest BCUT2D eigenvalue weighted by Gasteiger charge is -2.14. The zero-order valence-electron chi connectivity index (χ0n) is 10.0. The zero-order valence-corrected chi connectivity index (χ0v) is 11.6. The number of anilines is 1. The number of carbonyl (C=O) groups excluding carboxylic acids is 2. The Hall–Kier alpha value is -1.14. The molecule has 1 aliphatic heterocycles. The maximum Gasteiger partial charge on any atom is 0.282 e. The standard InChI is InChI=1S/C12H14N2O2S2/c1-17-10-4-2-9(3-5-10)13-11(15)8-14-6-7-18-12(14)16/h2-5H,6-8H2,1H3,(H,13,15). The molecule has 0 aliphatic carbocycles. The highest BCUT2D eigenvalue weighted by atomic mass is 32.2. The fraction of sp³-hybridized carbons (Fsp3) is 0.333. The van der Waals surface area contributed by atoms with Crippen LogP contribution in [0.1, 0.15) is 0 Å². The van der Waals surface area contributed by atoms with Crippen LogP contribution in [0.5, 0.6) is 0 Å². The molecule has 0 spiro atoms. The fourth-order valence-electron chi connectivity index (χ4n) is 1.62.